The highest BCUT2D eigenvalue weighted by Crippen LogP contribution is 2.39. The summed E-state index contributed by atoms with van der Waals surface area (Å²) in [5.74, 6) is -0.742. The summed E-state index contributed by atoms with van der Waals surface area (Å²) in [7, 11) is 1.54. The quantitative estimate of drug-likeness (QED) is 0.124. The number of halogens is 2. The lowest BCUT2D eigenvalue weighted by molar-refractivity contribution is -0.108. The first-order valence-electron chi connectivity index (χ1n) is 10.9. The number of hydrogen-bond donors (Lipinski definition) is 0. The van der Waals surface area contributed by atoms with Crippen molar-refractivity contribution in [2.24, 2.45) is 0 Å². The molecule has 0 saturated carbocycles. The number of aromatic nitrogens is 2. The molecular formula is C25H26BrFN2O3S. The molecule has 1 aromatic carbocycles. The molecule has 4 rings (SSSR count). The van der Waals surface area contributed by atoms with E-state index in [1.54, 1.807) is 11.5 Å². The lowest BCUT2D eigenvalue weighted by atomic mass is 9.95. The van der Waals surface area contributed by atoms with Crippen LogP contribution >= 0.6 is 27.7 Å². The molecule has 2 aromatic heterocycles. The van der Waals surface area contributed by atoms with Crippen LogP contribution in [0.4, 0.5) is 4.39 Å². The first kappa shape index (κ1) is 24.1. The number of hydrogen-bond acceptors (Lipinski definition) is 5. The van der Waals surface area contributed by atoms with Crippen molar-refractivity contribution in [2.45, 2.75) is 50.2 Å². The second-order valence-corrected chi connectivity index (χ2v) is 9.92. The molecule has 0 amide bonds. The maximum absolute atomic E-state index is 14.6. The number of aldehydes is 1. The van der Waals surface area contributed by atoms with Crippen LogP contribution < -0.4 is 5.56 Å². The van der Waals surface area contributed by atoms with E-state index >= 15 is 0 Å². The van der Waals surface area contributed by atoms with Crippen LogP contribution in [0.2, 0.25) is 0 Å². The summed E-state index contributed by atoms with van der Waals surface area (Å²) >= 11 is 4.87. The second kappa shape index (κ2) is 10.1. The molecule has 0 saturated heterocycles. The van der Waals surface area contributed by atoms with Gasteiger partial charge in [0, 0.05) is 45.8 Å². The van der Waals surface area contributed by atoms with E-state index in [-0.39, 0.29) is 18.0 Å². The maximum atomic E-state index is 14.6. The van der Waals surface area contributed by atoms with Gasteiger partial charge in [0.25, 0.3) is 5.56 Å². The fourth-order valence-corrected chi connectivity index (χ4v) is 5.47. The zero-order valence-electron chi connectivity index (χ0n) is 18.9. The Morgan fingerprint density at radius 1 is 1.30 bits per heavy atom. The van der Waals surface area contributed by atoms with Crippen LogP contribution in [-0.4, -0.2) is 34.5 Å². The molecule has 1 aliphatic heterocycles. The number of rotatable bonds is 9. The highest BCUT2D eigenvalue weighted by Gasteiger charge is 2.29. The number of methoxy groups -OCH3 is 1. The fourth-order valence-electron chi connectivity index (χ4n) is 4.58. The van der Waals surface area contributed by atoms with Crippen molar-refractivity contribution in [3.63, 3.8) is 0 Å². The zero-order chi connectivity index (χ0) is 23.7. The van der Waals surface area contributed by atoms with Crippen LogP contribution in [0.15, 0.2) is 27.9 Å². The molecule has 174 valence electrons. The lowest BCUT2D eigenvalue weighted by Gasteiger charge is -2.15. The average molecular weight is 533 g/mol. The smallest absolute Gasteiger partial charge is 0.257 e. The third kappa shape index (κ3) is 4.29. The van der Waals surface area contributed by atoms with E-state index in [0.29, 0.717) is 39.5 Å². The molecule has 3 heterocycles. The number of unbranched alkanes of at least 4 members (excludes halogenated alkanes) is 1. The van der Waals surface area contributed by atoms with Crippen LogP contribution in [0.25, 0.3) is 22.3 Å². The van der Waals surface area contributed by atoms with E-state index in [0.717, 1.165) is 47.4 Å². The van der Waals surface area contributed by atoms with Gasteiger partial charge in [-0.15, -0.1) is 11.8 Å². The zero-order valence-corrected chi connectivity index (χ0v) is 21.3. The molecule has 1 aliphatic rings. The first-order chi connectivity index (χ1) is 15.9. The topological polar surface area (TPSA) is 61.2 Å². The molecule has 0 radical (unpaired) electrons. The Morgan fingerprint density at radius 2 is 2.09 bits per heavy atom. The number of carbonyl (C=O) groups excluding carboxylic acids is 1. The number of pyridine rings is 2. The number of carbonyl (C=O) groups is 1. The molecule has 0 N–H and O–H groups in total. The predicted molar refractivity (Wildman–Crippen MR) is 134 cm³/mol. The Balaban J connectivity index is 2.00. The van der Waals surface area contributed by atoms with Gasteiger partial charge >= 0.3 is 0 Å². The molecule has 3 aromatic rings. The van der Waals surface area contributed by atoms with E-state index in [2.05, 4.69) is 15.9 Å². The Morgan fingerprint density at radius 3 is 2.76 bits per heavy atom. The second-order valence-electron chi connectivity index (χ2n) is 8.28. The van der Waals surface area contributed by atoms with Gasteiger partial charge in [0.1, 0.15) is 12.1 Å². The summed E-state index contributed by atoms with van der Waals surface area (Å²) in [5, 5.41) is 1.85. The SMILES string of the molecule is COCc1c(C(C)C=O)cc2n(c1=O)Cc1c-2nc2cc(F)c(SC)cc2c1CCCCBr. The summed E-state index contributed by atoms with van der Waals surface area (Å²) in [6, 6.07) is 5.26. The fraction of sp³-hybridized carbons (Fsp3) is 0.400. The molecule has 0 bridgehead atoms. The van der Waals surface area contributed by atoms with Gasteiger partial charge in [0.2, 0.25) is 0 Å². The monoisotopic (exact) mass is 532 g/mol. The van der Waals surface area contributed by atoms with E-state index in [4.69, 9.17) is 9.72 Å². The minimum Gasteiger partial charge on any atom is -0.380 e. The van der Waals surface area contributed by atoms with Gasteiger partial charge in [0.15, 0.2) is 0 Å². The summed E-state index contributed by atoms with van der Waals surface area (Å²) < 4.78 is 21.6. The van der Waals surface area contributed by atoms with Crippen molar-refractivity contribution in [2.75, 3.05) is 18.7 Å². The number of thioether (sulfide) groups is 1. The van der Waals surface area contributed by atoms with Gasteiger partial charge in [0.05, 0.1) is 30.1 Å². The number of benzene rings is 1. The standard InChI is InChI=1S/C25H26BrFN2O3S/c1-14(12-30)16-8-22-24-18(11-29(22)25(31)19(16)13-32-2)15(6-4-5-7-26)17-9-23(33-3)20(27)10-21(17)28-24/h8-10,12,14H,4-7,11,13H2,1-3H3. The Labute approximate surface area is 204 Å². The normalized spacial score (nSPS) is 13.2. The third-order valence-corrected chi connectivity index (χ3v) is 7.58. The van der Waals surface area contributed by atoms with Crippen LogP contribution in [0, 0.1) is 5.82 Å². The summed E-state index contributed by atoms with van der Waals surface area (Å²) in [6.45, 7) is 2.32. The number of aryl methyl sites for hydroxylation is 1. The van der Waals surface area contributed by atoms with Gasteiger partial charge in [-0.1, -0.05) is 22.9 Å². The van der Waals surface area contributed by atoms with E-state index in [9.17, 15) is 14.0 Å². The molecule has 8 heteroatoms. The molecule has 1 atom stereocenters. The predicted octanol–water partition coefficient (Wildman–Crippen LogP) is 5.45. The van der Waals surface area contributed by atoms with Crippen molar-refractivity contribution < 1.29 is 13.9 Å². The van der Waals surface area contributed by atoms with Gasteiger partial charge in [-0.2, -0.15) is 0 Å². The Kier molecular flexibility index (Phi) is 7.36. The largest absolute Gasteiger partial charge is 0.380 e. The van der Waals surface area contributed by atoms with E-state index in [1.165, 1.54) is 24.9 Å². The van der Waals surface area contributed by atoms with E-state index in [1.807, 2.05) is 18.4 Å². The van der Waals surface area contributed by atoms with Crippen molar-refractivity contribution in [3.8, 4) is 11.4 Å². The average Bonchev–Trinajstić information content (AvgIpc) is 3.18. The van der Waals surface area contributed by atoms with Gasteiger partial charge in [-0.25, -0.2) is 9.37 Å². The van der Waals surface area contributed by atoms with Crippen molar-refractivity contribution in [1.82, 2.24) is 9.55 Å². The van der Waals surface area contributed by atoms with Crippen molar-refractivity contribution in [3.05, 3.63) is 56.6 Å². The Hall–Kier alpha value is -2.03. The molecular weight excluding hydrogens is 507 g/mol. The molecule has 0 aliphatic carbocycles. The van der Waals surface area contributed by atoms with Crippen LogP contribution in [0.3, 0.4) is 0 Å². The third-order valence-electron chi connectivity index (χ3n) is 6.27. The van der Waals surface area contributed by atoms with Crippen molar-refractivity contribution >= 4 is 44.9 Å². The van der Waals surface area contributed by atoms with Gasteiger partial charge in [-0.3, -0.25) is 4.79 Å². The highest BCUT2D eigenvalue weighted by atomic mass is 79.9. The maximum Gasteiger partial charge on any atom is 0.257 e. The van der Waals surface area contributed by atoms with E-state index < -0.39 is 5.92 Å². The number of ether oxygens (including phenoxy) is 1. The van der Waals surface area contributed by atoms with Crippen LogP contribution in [0.1, 0.15) is 47.9 Å². The van der Waals surface area contributed by atoms with Gasteiger partial charge in [-0.05, 0) is 48.8 Å². The molecule has 5 nitrogen and oxygen atoms in total. The first-order valence-corrected chi connectivity index (χ1v) is 13.3. The number of nitrogens with zero attached hydrogens (tertiary/aromatic N) is 2. The molecule has 0 fully saturated rings. The lowest BCUT2D eigenvalue weighted by Crippen LogP contribution is -2.26. The molecule has 1 unspecified atom stereocenters. The summed E-state index contributed by atoms with van der Waals surface area (Å²) in [6.07, 6.45) is 5.49. The summed E-state index contributed by atoms with van der Waals surface area (Å²) in [4.78, 5) is 30.4. The van der Waals surface area contributed by atoms with Crippen molar-refractivity contribution in [1.29, 1.82) is 0 Å². The number of alkyl halides is 1. The molecule has 33 heavy (non-hydrogen) atoms. The molecule has 0 spiro atoms. The Bertz CT molecular complexity index is 1290. The minimum atomic E-state index is -0.446. The van der Waals surface area contributed by atoms with Crippen LogP contribution in [0.5, 0.6) is 0 Å². The van der Waals surface area contributed by atoms with Gasteiger partial charge < -0.3 is 14.1 Å². The van der Waals surface area contributed by atoms with Crippen LogP contribution in [-0.2, 0) is 29.1 Å². The summed E-state index contributed by atoms with van der Waals surface area (Å²) in [5.41, 5.74) is 5.08. The number of fused-ring (bicyclic) bond motifs is 4. The minimum absolute atomic E-state index is 0.138. The highest BCUT2D eigenvalue weighted by molar-refractivity contribution is 9.09.